The van der Waals surface area contributed by atoms with Gasteiger partial charge in [-0.25, -0.2) is 0 Å². The first-order valence-electron chi connectivity index (χ1n) is 7.05. The number of carbonyl (C=O) groups excluding carboxylic acids is 1. The van der Waals surface area contributed by atoms with E-state index < -0.39 is 0 Å². The zero-order chi connectivity index (χ0) is 16.2. The third-order valence-electron chi connectivity index (χ3n) is 3.48. The molecule has 1 aliphatic heterocycles. The van der Waals surface area contributed by atoms with Crippen LogP contribution in [0.4, 0.5) is 0 Å². The highest BCUT2D eigenvalue weighted by Gasteiger charge is 2.19. The van der Waals surface area contributed by atoms with Gasteiger partial charge in [0.05, 0.1) is 14.2 Å². The molecular formula is C18H16O5. The van der Waals surface area contributed by atoms with Gasteiger partial charge in [0.1, 0.15) is 5.75 Å². The van der Waals surface area contributed by atoms with Gasteiger partial charge in [0.15, 0.2) is 17.3 Å². The molecule has 0 unspecified atom stereocenters. The van der Waals surface area contributed by atoms with E-state index in [1.54, 1.807) is 50.6 Å². The Bertz CT molecular complexity index is 747. The van der Waals surface area contributed by atoms with E-state index in [-0.39, 0.29) is 12.6 Å². The van der Waals surface area contributed by atoms with E-state index in [2.05, 4.69) is 0 Å². The second kappa shape index (κ2) is 6.44. The summed E-state index contributed by atoms with van der Waals surface area (Å²) < 4.78 is 21.1. The summed E-state index contributed by atoms with van der Waals surface area (Å²) >= 11 is 0. The van der Waals surface area contributed by atoms with Gasteiger partial charge in [-0.05, 0) is 48.0 Å². The van der Waals surface area contributed by atoms with Crippen LogP contribution in [0, 0.1) is 0 Å². The van der Waals surface area contributed by atoms with Crippen LogP contribution in [-0.2, 0) is 0 Å². The molecule has 2 aromatic carbocycles. The average molecular weight is 312 g/mol. The Hall–Kier alpha value is -2.95. The third kappa shape index (κ3) is 3.13. The molecule has 0 radical (unpaired) electrons. The lowest BCUT2D eigenvalue weighted by Crippen LogP contribution is -1.94. The van der Waals surface area contributed by atoms with Crippen LogP contribution in [-0.4, -0.2) is 26.8 Å². The number of allylic oxidation sites excluding steroid dienone is 1. The number of hydrogen-bond acceptors (Lipinski definition) is 5. The molecule has 0 bridgehead atoms. The molecule has 1 heterocycles. The first-order valence-corrected chi connectivity index (χ1v) is 7.05. The minimum absolute atomic E-state index is 0.0933. The third-order valence-corrected chi connectivity index (χ3v) is 3.48. The summed E-state index contributed by atoms with van der Waals surface area (Å²) in [6.07, 6.45) is 3.23. The van der Waals surface area contributed by atoms with Crippen molar-refractivity contribution in [2.75, 3.05) is 21.0 Å². The van der Waals surface area contributed by atoms with Crippen molar-refractivity contribution in [2.24, 2.45) is 0 Å². The smallest absolute Gasteiger partial charge is 0.231 e. The number of carbonyl (C=O) groups is 1. The fraction of sp³-hybridized carbons (Fsp3) is 0.167. The molecule has 3 rings (SSSR count). The predicted octanol–water partition coefficient (Wildman–Crippen LogP) is 3.33. The molecule has 118 valence electrons. The Kier molecular flexibility index (Phi) is 4.19. The number of methoxy groups -OCH3 is 2. The number of benzene rings is 2. The molecule has 5 heteroatoms. The van der Waals surface area contributed by atoms with E-state index >= 15 is 0 Å². The molecule has 0 fully saturated rings. The zero-order valence-electron chi connectivity index (χ0n) is 12.9. The lowest BCUT2D eigenvalue weighted by molar-refractivity contribution is 0.104. The van der Waals surface area contributed by atoms with Crippen molar-refractivity contribution < 1.29 is 23.7 Å². The molecule has 2 aromatic rings. The highest BCUT2D eigenvalue weighted by molar-refractivity contribution is 6.06. The summed E-state index contributed by atoms with van der Waals surface area (Å²) in [4.78, 5) is 12.2. The van der Waals surface area contributed by atoms with Crippen LogP contribution >= 0.6 is 0 Å². The fourth-order valence-corrected chi connectivity index (χ4v) is 2.27. The van der Waals surface area contributed by atoms with Crippen LogP contribution < -0.4 is 18.9 Å². The fourth-order valence-electron chi connectivity index (χ4n) is 2.27. The molecule has 0 N–H and O–H groups in total. The van der Waals surface area contributed by atoms with E-state index in [1.807, 2.05) is 6.07 Å². The molecule has 23 heavy (non-hydrogen) atoms. The van der Waals surface area contributed by atoms with Gasteiger partial charge in [-0.1, -0.05) is 6.08 Å². The largest absolute Gasteiger partial charge is 0.497 e. The minimum Gasteiger partial charge on any atom is -0.497 e. The molecule has 0 saturated heterocycles. The van der Waals surface area contributed by atoms with Crippen LogP contribution in [0.3, 0.4) is 0 Å². The SMILES string of the molecule is COc1ccc(C(=O)/C=C/c2cc(OC)c3c(c2)OCO3)cc1. The number of fused-ring (bicyclic) bond motifs is 1. The Morgan fingerprint density at radius 1 is 1.09 bits per heavy atom. The number of rotatable bonds is 5. The highest BCUT2D eigenvalue weighted by Crippen LogP contribution is 2.42. The van der Waals surface area contributed by atoms with Gasteiger partial charge >= 0.3 is 0 Å². The lowest BCUT2D eigenvalue weighted by atomic mass is 10.1. The molecule has 0 aromatic heterocycles. The molecule has 1 aliphatic rings. The summed E-state index contributed by atoms with van der Waals surface area (Å²) in [5.41, 5.74) is 1.39. The summed E-state index contributed by atoms with van der Waals surface area (Å²) in [6, 6.07) is 10.6. The first kappa shape index (κ1) is 15.0. The maximum absolute atomic E-state index is 12.2. The summed E-state index contributed by atoms with van der Waals surface area (Å²) in [5, 5.41) is 0. The maximum atomic E-state index is 12.2. The van der Waals surface area contributed by atoms with E-state index in [4.69, 9.17) is 18.9 Å². The van der Waals surface area contributed by atoms with Gasteiger partial charge in [-0.2, -0.15) is 0 Å². The lowest BCUT2D eigenvalue weighted by Gasteiger charge is -2.05. The topological polar surface area (TPSA) is 54.0 Å². The standard InChI is InChI=1S/C18H16O5/c1-20-14-6-4-13(5-7-14)15(19)8-3-12-9-16(21-2)18-17(10-12)22-11-23-18/h3-10H,11H2,1-2H3/b8-3+. The molecule has 0 amide bonds. The van der Waals surface area contributed by atoms with E-state index in [0.717, 1.165) is 5.56 Å². The van der Waals surface area contributed by atoms with Gasteiger partial charge in [-0.15, -0.1) is 0 Å². The highest BCUT2D eigenvalue weighted by atomic mass is 16.7. The number of ether oxygens (including phenoxy) is 4. The van der Waals surface area contributed by atoms with Crippen LogP contribution in [0.5, 0.6) is 23.0 Å². The van der Waals surface area contributed by atoms with Crippen LogP contribution in [0.15, 0.2) is 42.5 Å². The Balaban J connectivity index is 1.80. The van der Waals surface area contributed by atoms with Gasteiger partial charge in [0.2, 0.25) is 12.5 Å². The minimum atomic E-state index is -0.0933. The van der Waals surface area contributed by atoms with Gasteiger partial charge in [0, 0.05) is 5.56 Å². The molecule has 0 saturated carbocycles. The van der Waals surface area contributed by atoms with Crippen LogP contribution in [0.1, 0.15) is 15.9 Å². The molecule has 0 spiro atoms. The predicted molar refractivity (Wildman–Crippen MR) is 85.5 cm³/mol. The van der Waals surface area contributed by atoms with E-state index in [1.165, 1.54) is 6.08 Å². The van der Waals surface area contributed by atoms with Crippen molar-refractivity contribution in [1.29, 1.82) is 0 Å². The van der Waals surface area contributed by atoms with Gasteiger partial charge in [0.25, 0.3) is 0 Å². The molecular weight excluding hydrogens is 296 g/mol. The average Bonchev–Trinajstić information content (AvgIpc) is 3.07. The van der Waals surface area contributed by atoms with Crippen molar-refractivity contribution in [3.8, 4) is 23.0 Å². The van der Waals surface area contributed by atoms with E-state index in [9.17, 15) is 4.79 Å². The van der Waals surface area contributed by atoms with Crippen molar-refractivity contribution in [3.05, 3.63) is 53.6 Å². The number of ketones is 1. The van der Waals surface area contributed by atoms with Crippen molar-refractivity contribution in [1.82, 2.24) is 0 Å². The summed E-state index contributed by atoms with van der Waals surface area (Å²) in [7, 11) is 3.15. The van der Waals surface area contributed by atoms with Crippen molar-refractivity contribution in [2.45, 2.75) is 0 Å². The second-order valence-electron chi connectivity index (χ2n) is 4.88. The summed E-state index contributed by atoms with van der Waals surface area (Å²) in [6.45, 7) is 0.170. The Labute approximate surface area is 134 Å². The van der Waals surface area contributed by atoms with Crippen molar-refractivity contribution in [3.63, 3.8) is 0 Å². The monoisotopic (exact) mass is 312 g/mol. The van der Waals surface area contributed by atoms with Crippen LogP contribution in [0.2, 0.25) is 0 Å². The first-order chi connectivity index (χ1) is 11.2. The summed E-state index contributed by atoms with van der Waals surface area (Å²) in [5.74, 6) is 2.40. The van der Waals surface area contributed by atoms with Crippen molar-refractivity contribution >= 4 is 11.9 Å². The normalized spacial score (nSPS) is 12.4. The molecule has 5 nitrogen and oxygen atoms in total. The maximum Gasteiger partial charge on any atom is 0.231 e. The second-order valence-corrected chi connectivity index (χ2v) is 4.88. The molecule has 0 aliphatic carbocycles. The van der Waals surface area contributed by atoms with Gasteiger partial charge in [-0.3, -0.25) is 4.79 Å². The number of hydrogen-bond donors (Lipinski definition) is 0. The van der Waals surface area contributed by atoms with E-state index in [0.29, 0.717) is 28.6 Å². The van der Waals surface area contributed by atoms with Gasteiger partial charge < -0.3 is 18.9 Å². The zero-order valence-corrected chi connectivity index (χ0v) is 12.9. The molecule has 0 atom stereocenters. The Morgan fingerprint density at radius 3 is 2.57 bits per heavy atom. The van der Waals surface area contributed by atoms with Crippen LogP contribution in [0.25, 0.3) is 6.08 Å². The quantitative estimate of drug-likeness (QED) is 0.626. The Morgan fingerprint density at radius 2 is 1.87 bits per heavy atom.